The van der Waals surface area contributed by atoms with Gasteiger partial charge in [0.1, 0.15) is 18.7 Å². The van der Waals surface area contributed by atoms with E-state index in [0.29, 0.717) is 24.2 Å². The maximum Gasteiger partial charge on any atom is 0.326 e. The molecule has 1 amide bonds. The molecule has 2 rings (SSSR count). The molecule has 0 bridgehead atoms. The monoisotopic (exact) mass is 289 g/mol. The van der Waals surface area contributed by atoms with Gasteiger partial charge in [-0.25, -0.2) is 19.4 Å². The standard InChI is InChI=1S/C13H15N5O3/c1-2-3-10(13(20)21)17-12(19)9-4-5-15-11(6-9)18-8-14-7-16-18/h4-8,10H,2-3H2,1H3,(H,17,19)(H,20,21). The fraction of sp³-hybridized carbons (Fsp3) is 0.308. The molecule has 1 unspecified atom stereocenters. The van der Waals surface area contributed by atoms with Gasteiger partial charge in [0.15, 0.2) is 5.82 Å². The van der Waals surface area contributed by atoms with E-state index in [0.717, 1.165) is 0 Å². The zero-order chi connectivity index (χ0) is 15.2. The lowest BCUT2D eigenvalue weighted by Gasteiger charge is -2.13. The van der Waals surface area contributed by atoms with Gasteiger partial charge in [0.05, 0.1) is 0 Å². The van der Waals surface area contributed by atoms with Crippen LogP contribution in [0.1, 0.15) is 30.1 Å². The van der Waals surface area contributed by atoms with E-state index < -0.39 is 17.9 Å². The number of nitrogens with one attached hydrogen (secondary N) is 1. The van der Waals surface area contributed by atoms with Gasteiger partial charge in [-0.1, -0.05) is 13.3 Å². The van der Waals surface area contributed by atoms with Crippen molar-refractivity contribution in [3.8, 4) is 5.82 Å². The highest BCUT2D eigenvalue weighted by atomic mass is 16.4. The highest BCUT2D eigenvalue weighted by Gasteiger charge is 2.19. The zero-order valence-corrected chi connectivity index (χ0v) is 11.4. The van der Waals surface area contributed by atoms with Gasteiger partial charge >= 0.3 is 5.97 Å². The Kier molecular flexibility index (Phi) is 4.60. The number of nitrogens with zero attached hydrogens (tertiary/aromatic N) is 4. The molecule has 21 heavy (non-hydrogen) atoms. The number of carbonyl (C=O) groups excluding carboxylic acids is 1. The van der Waals surface area contributed by atoms with Crippen molar-refractivity contribution in [2.75, 3.05) is 0 Å². The molecule has 8 nitrogen and oxygen atoms in total. The van der Waals surface area contributed by atoms with Crippen molar-refractivity contribution >= 4 is 11.9 Å². The van der Waals surface area contributed by atoms with Gasteiger partial charge in [0.2, 0.25) is 0 Å². The molecule has 1 atom stereocenters. The zero-order valence-electron chi connectivity index (χ0n) is 11.4. The Morgan fingerprint density at radius 1 is 1.48 bits per heavy atom. The fourth-order valence-corrected chi connectivity index (χ4v) is 1.80. The molecule has 8 heteroatoms. The third kappa shape index (κ3) is 3.62. The predicted molar refractivity (Wildman–Crippen MR) is 73.0 cm³/mol. The Bertz CT molecular complexity index is 626. The Balaban J connectivity index is 2.16. The van der Waals surface area contributed by atoms with E-state index >= 15 is 0 Å². The molecule has 2 aromatic rings. The average molecular weight is 289 g/mol. The molecule has 0 saturated heterocycles. The average Bonchev–Trinajstić information content (AvgIpc) is 3.01. The highest BCUT2D eigenvalue weighted by molar-refractivity contribution is 5.96. The quantitative estimate of drug-likeness (QED) is 0.807. The number of carboxylic acid groups (broad SMARTS) is 1. The van der Waals surface area contributed by atoms with Crippen LogP contribution < -0.4 is 5.32 Å². The van der Waals surface area contributed by atoms with Crippen LogP contribution in [-0.2, 0) is 4.79 Å². The molecule has 110 valence electrons. The lowest BCUT2D eigenvalue weighted by Crippen LogP contribution is -2.40. The normalized spacial score (nSPS) is 11.9. The predicted octanol–water partition coefficient (Wildman–Crippen LogP) is 0.645. The number of aromatic nitrogens is 4. The molecule has 0 aromatic carbocycles. The molecule has 2 N–H and O–H groups in total. The molecule has 0 aliphatic rings. The number of hydrogen-bond donors (Lipinski definition) is 2. The van der Waals surface area contributed by atoms with E-state index in [4.69, 9.17) is 5.11 Å². The number of rotatable bonds is 6. The second kappa shape index (κ2) is 6.60. The van der Waals surface area contributed by atoms with Crippen molar-refractivity contribution in [1.82, 2.24) is 25.1 Å². The van der Waals surface area contributed by atoms with Crippen LogP contribution in [0.4, 0.5) is 0 Å². The number of carboxylic acids is 1. The molecule has 2 aromatic heterocycles. The van der Waals surface area contributed by atoms with Crippen molar-refractivity contribution in [3.63, 3.8) is 0 Å². The largest absolute Gasteiger partial charge is 0.480 e. The first-order valence-electron chi connectivity index (χ1n) is 6.46. The smallest absolute Gasteiger partial charge is 0.326 e. The molecule has 2 heterocycles. The maximum atomic E-state index is 12.1. The summed E-state index contributed by atoms with van der Waals surface area (Å²) in [5.74, 6) is -1.07. The van der Waals surface area contributed by atoms with Gasteiger partial charge in [0, 0.05) is 11.8 Å². The van der Waals surface area contributed by atoms with E-state index in [1.165, 1.54) is 35.7 Å². The lowest BCUT2D eigenvalue weighted by molar-refractivity contribution is -0.139. The summed E-state index contributed by atoms with van der Waals surface area (Å²) in [6, 6.07) is 2.14. The van der Waals surface area contributed by atoms with Crippen LogP contribution in [0.3, 0.4) is 0 Å². The highest BCUT2D eigenvalue weighted by Crippen LogP contribution is 2.07. The van der Waals surface area contributed by atoms with Gasteiger partial charge in [-0.2, -0.15) is 5.10 Å². The maximum absolute atomic E-state index is 12.1. The second-order valence-corrected chi connectivity index (χ2v) is 4.40. The molecule has 0 saturated carbocycles. The van der Waals surface area contributed by atoms with Crippen molar-refractivity contribution in [1.29, 1.82) is 0 Å². The van der Waals surface area contributed by atoms with E-state index in [9.17, 15) is 9.59 Å². The number of hydrogen-bond acceptors (Lipinski definition) is 5. The van der Waals surface area contributed by atoms with Crippen molar-refractivity contribution in [3.05, 3.63) is 36.5 Å². The van der Waals surface area contributed by atoms with Crippen molar-refractivity contribution in [2.45, 2.75) is 25.8 Å². The number of pyridine rings is 1. The molecule has 0 aliphatic carbocycles. The fourth-order valence-electron chi connectivity index (χ4n) is 1.80. The number of amides is 1. The van der Waals surface area contributed by atoms with E-state index in [1.807, 2.05) is 6.92 Å². The minimum Gasteiger partial charge on any atom is -0.480 e. The third-order valence-electron chi connectivity index (χ3n) is 2.84. The van der Waals surface area contributed by atoms with Crippen LogP contribution in [0.2, 0.25) is 0 Å². The number of aliphatic carboxylic acids is 1. The molecular formula is C13H15N5O3. The minimum atomic E-state index is -1.05. The van der Waals surface area contributed by atoms with Gasteiger partial charge < -0.3 is 10.4 Å². The Hall–Kier alpha value is -2.77. The SMILES string of the molecule is CCCC(NC(=O)c1ccnc(-n2cncn2)c1)C(=O)O. The lowest BCUT2D eigenvalue weighted by atomic mass is 10.1. The molecule has 0 aliphatic heterocycles. The van der Waals surface area contributed by atoms with E-state index in [2.05, 4.69) is 20.4 Å². The van der Waals surface area contributed by atoms with Crippen molar-refractivity contribution in [2.24, 2.45) is 0 Å². The molecule has 0 spiro atoms. The molecule has 0 radical (unpaired) electrons. The topological polar surface area (TPSA) is 110 Å². The van der Waals surface area contributed by atoms with E-state index in [-0.39, 0.29) is 0 Å². The van der Waals surface area contributed by atoms with E-state index in [1.54, 1.807) is 0 Å². The Morgan fingerprint density at radius 3 is 2.90 bits per heavy atom. The molecule has 0 fully saturated rings. The van der Waals surface area contributed by atoms with Crippen LogP contribution in [0, 0.1) is 0 Å². The summed E-state index contributed by atoms with van der Waals surface area (Å²) >= 11 is 0. The van der Waals surface area contributed by atoms with Crippen molar-refractivity contribution < 1.29 is 14.7 Å². The summed E-state index contributed by atoms with van der Waals surface area (Å²) < 4.78 is 1.41. The first-order chi connectivity index (χ1) is 10.1. The second-order valence-electron chi connectivity index (χ2n) is 4.40. The summed E-state index contributed by atoms with van der Waals surface area (Å²) in [6.07, 6.45) is 5.32. The molecular weight excluding hydrogens is 274 g/mol. The van der Waals surface area contributed by atoms with Crippen LogP contribution in [0.5, 0.6) is 0 Å². The summed E-state index contributed by atoms with van der Waals surface area (Å²) in [4.78, 5) is 31.1. The Labute approximate surface area is 120 Å². The first kappa shape index (κ1) is 14.6. The van der Waals surface area contributed by atoms with Gasteiger partial charge in [-0.15, -0.1) is 0 Å². The minimum absolute atomic E-state index is 0.317. The summed E-state index contributed by atoms with van der Waals surface area (Å²) in [7, 11) is 0. The number of carbonyl (C=O) groups is 2. The van der Waals surface area contributed by atoms with Crippen LogP contribution in [-0.4, -0.2) is 42.8 Å². The third-order valence-corrected chi connectivity index (χ3v) is 2.84. The van der Waals surface area contributed by atoms with Gasteiger partial charge in [-0.3, -0.25) is 4.79 Å². The van der Waals surface area contributed by atoms with Crippen LogP contribution >= 0.6 is 0 Å². The van der Waals surface area contributed by atoms with Gasteiger partial charge in [0.25, 0.3) is 5.91 Å². The summed E-state index contributed by atoms with van der Waals surface area (Å²) in [6.45, 7) is 1.86. The first-order valence-corrected chi connectivity index (χ1v) is 6.46. The van der Waals surface area contributed by atoms with Gasteiger partial charge in [-0.05, 0) is 18.6 Å². The summed E-state index contributed by atoms with van der Waals surface area (Å²) in [5.41, 5.74) is 0.317. The summed E-state index contributed by atoms with van der Waals surface area (Å²) in [5, 5.41) is 15.5. The van der Waals surface area contributed by atoms with Crippen LogP contribution in [0.15, 0.2) is 31.0 Å². The Morgan fingerprint density at radius 2 is 2.29 bits per heavy atom. The van der Waals surface area contributed by atoms with Crippen LogP contribution in [0.25, 0.3) is 5.82 Å².